The van der Waals surface area contributed by atoms with Crippen LogP contribution in [0.5, 0.6) is 17.2 Å². The first-order chi connectivity index (χ1) is 16.8. The molecule has 1 atom stereocenters. The molecule has 1 aliphatic rings. The van der Waals surface area contributed by atoms with Crippen molar-refractivity contribution in [1.82, 2.24) is 5.32 Å². The zero-order valence-corrected chi connectivity index (χ0v) is 22.4. The number of rotatable bonds is 8. The van der Waals surface area contributed by atoms with E-state index in [1.807, 2.05) is 32.2 Å². The Labute approximate surface area is 211 Å². The Morgan fingerprint density at radius 1 is 1.09 bits per heavy atom. The molecule has 0 saturated heterocycles. The van der Waals surface area contributed by atoms with Crippen molar-refractivity contribution < 1.29 is 23.8 Å². The molecular weight excluding hydrogens is 466 g/mol. The molecule has 0 saturated carbocycles. The lowest BCUT2D eigenvalue weighted by molar-refractivity contribution is -0.120. The third-order valence-electron chi connectivity index (χ3n) is 5.59. The van der Waals surface area contributed by atoms with E-state index in [1.54, 1.807) is 19.2 Å². The van der Waals surface area contributed by atoms with Gasteiger partial charge in [-0.25, -0.2) is 0 Å². The van der Waals surface area contributed by atoms with E-state index >= 15 is 0 Å². The zero-order chi connectivity index (χ0) is 26.1. The van der Waals surface area contributed by atoms with E-state index in [1.165, 1.54) is 32.7 Å². The number of ether oxygens (including phenoxy) is 3. The summed E-state index contributed by atoms with van der Waals surface area (Å²) in [7, 11) is 3.09. The van der Waals surface area contributed by atoms with Gasteiger partial charge in [0, 0.05) is 18.9 Å². The van der Waals surface area contributed by atoms with Gasteiger partial charge in [-0.1, -0.05) is 19.9 Å². The van der Waals surface area contributed by atoms with Gasteiger partial charge in [0.15, 0.2) is 16.9 Å². The van der Waals surface area contributed by atoms with Crippen molar-refractivity contribution >= 4 is 23.5 Å². The van der Waals surface area contributed by atoms with Gasteiger partial charge in [0.05, 0.1) is 31.8 Å². The van der Waals surface area contributed by atoms with Crippen molar-refractivity contribution in [3.63, 3.8) is 0 Å². The molecule has 0 aliphatic heterocycles. The maximum absolute atomic E-state index is 12.8. The Bertz CT molecular complexity index is 1130. The third kappa shape index (κ3) is 6.57. The first kappa shape index (κ1) is 28.2. The molecule has 2 aromatic carbocycles. The fraction of sp³-hybridized carbons (Fsp3) is 0.444. The van der Waals surface area contributed by atoms with Crippen LogP contribution in [0.1, 0.15) is 57.7 Å². The summed E-state index contributed by atoms with van der Waals surface area (Å²) in [4.78, 5) is 36.8. The number of methoxy groups -OCH3 is 2. The number of amides is 1. The summed E-state index contributed by atoms with van der Waals surface area (Å²) in [6.45, 7) is 7.21. The molecule has 190 valence electrons. The van der Waals surface area contributed by atoms with Crippen LogP contribution in [-0.4, -0.2) is 38.8 Å². The van der Waals surface area contributed by atoms with Crippen LogP contribution < -0.4 is 25.0 Å². The van der Waals surface area contributed by atoms with E-state index in [0.717, 1.165) is 22.3 Å². The van der Waals surface area contributed by atoms with Crippen molar-refractivity contribution in [3.05, 3.63) is 45.6 Å². The van der Waals surface area contributed by atoms with Crippen LogP contribution in [0.2, 0.25) is 0 Å². The fourth-order valence-electron chi connectivity index (χ4n) is 4.12. The van der Waals surface area contributed by atoms with Crippen LogP contribution in [0.4, 0.5) is 0 Å². The number of hydrogen-bond donors (Lipinski definition) is 1. The second kappa shape index (κ2) is 13.2. The molecular formula is C27H35NO6S. The molecule has 0 fully saturated rings. The molecule has 1 amide bonds. The molecule has 0 unspecified atom stereocenters. The summed E-state index contributed by atoms with van der Waals surface area (Å²) in [6, 6.07) is 6.88. The van der Waals surface area contributed by atoms with Crippen LogP contribution in [0.15, 0.2) is 34.0 Å². The summed E-state index contributed by atoms with van der Waals surface area (Å²) in [6.07, 6.45) is 3.36. The first-order valence-corrected chi connectivity index (χ1v) is 12.9. The van der Waals surface area contributed by atoms with Crippen molar-refractivity contribution in [2.24, 2.45) is 0 Å². The van der Waals surface area contributed by atoms with E-state index in [-0.39, 0.29) is 36.2 Å². The average molecular weight is 502 g/mol. The van der Waals surface area contributed by atoms with E-state index in [4.69, 9.17) is 14.2 Å². The molecule has 8 heteroatoms. The Kier molecular flexibility index (Phi) is 10.6. The summed E-state index contributed by atoms with van der Waals surface area (Å²) in [5.41, 5.74) is 3.18. The van der Waals surface area contributed by atoms with Crippen molar-refractivity contribution in [2.75, 3.05) is 27.1 Å². The number of Topliss-reactive ketones (excluding diaryl/α,β-unsaturated/α-hetero) is 1. The van der Waals surface area contributed by atoms with Gasteiger partial charge in [-0.3, -0.25) is 14.4 Å². The van der Waals surface area contributed by atoms with Crippen LogP contribution >= 0.6 is 11.8 Å². The Hall–Kier alpha value is -3.00. The van der Waals surface area contributed by atoms with Crippen LogP contribution in [0, 0.1) is 0 Å². The standard InChI is InChI=1S/C25H29NO6S.C2H6/c1-14(27)10-11-32-21-12-16-6-8-19(26-15(2)28)18-13-20(29)22(33-5)9-7-17(18)23(16)25(31-4)24(21)30-3;1-2/h7,9,12-13,19H,6,8,10-11H2,1-5H3,(H,26,28);1-2H3/t19-;/m0./s1. The van der Waals surface area contributed by atoms with Gasteiger partial charge in [0.2, 0.25) is 11.7 Å². The summed E-state index contributed by atoms with van der Waals surface area (Å²) in [5.74, 6) is 1.26. The minimum Gasteiger partial charge on any atom is -0.492 e. The van der Waals surface area contributed by atoms with Gasteiger partial charge in [-0.2, -0.15) is 0 Å². The van der Waals surface area contributed by atoms with Gasteiger partial charge in [-0.15, -0.1) is 11.8 Å². The van der Waals surface area contributed by atoms with Gasteiger partial charge in [0.1, 0.15) is 5.78 Å². The average Bonchev–Trinajstić information content (AvgIpc) is 3.07. The fourth-order valence-corrected chi connectivity index (χ4v) is 4.59. The third-order valence-corrected chi connectivity index (χ3v) is 6.37. The van der Waals surface area contributed by atoms with E-state index in [2.05, 4.69) is 5.32 Å². The van der Waals surface area contributed by atoms with Crippen molar-refractivity contribution in [2.45, 2.75) is 57.9 Å². The Morgan fingerprint density at radius 3 is 2.34 bits per heavy atom. The second-order valence-electron chi connectivity index (χ2n) is 7.85. The number of ketones is 1. The number of aryl methyl sites for hydroxylation is 1. The molecule has 0 heterocycles. The number of fused-ring (bicyclic) bond motifs is 3. The zero-order valence-electron chi connectivity index (χ0n) is 21.6. The van der Waals surface area contributed by atoms with Crippen molar-refractivity contribution in [1.29, 1.82) is 0 Å². The molecule has 0 spiro atoms. The van der Waals surface area contributed by atoms with E-state index in [0.29, 0.717) is 35.0 Å². The normalized spacial score (nSPS) is 13.7. The van der Waals surface area contributed by atoms with Crippen LogP contribution in [0.3, 0.4) is 0 Å². The van der Waals surface area contributed by atoms with Gasteiger partial charge in [-0.05, 0) is 60.9 Å². The predicted octanol–water partition coefficient (Wildman–Crippen LogP) is 4.96. The van der Waals surface area contributed by atoms with Gasteiger partial charge in [0.25, 0.3) is 0 Å². The Balaban J connectivity index is 0.00000210. The highest BCUT2D eigenvalue weighted by atomic mass is 32.2. The molecule has 3 rings (SSSR count). The number of hydrogen-bond acceptors (Lipinski definition) is 7. The lowest BCUT2D eigenvalue weighted by Gasteiger charge is -2.20. The molecule has 1 N–H and O–H groups in total. The summed E-state index contributed by atoms with van der Waals surface area (Å²) in [5, 5.41) is 2.99. The number of carbonyl (C=O) groups is 2. The minimum absolute atomic E-state index is 0.0354. The molecule has 2 aromatic rings. The lowest BCUT2D eigenvalue weighted by atomic mass is 9.95. The highest BCUT2D eigenvalue weighted by Gasteiger charge is 2.29. The number of thioether (sulfide) groups is 1. The molecule has 7 nitrogen and oxygen atoms in total. The van der Waals surface area contributed by atoms with Crippen LogP contribution in [-0.2, 0) is 16.0 Å². The molecule has 1 aliphatic carbocycles. The van der Waals surface area contributed by atoms with E-state index < -0.39 is 0 Å². The number of nitrogens with one attached hydrogen (secondary N) is 1. The molecule has 0 radical (unpaired) electrons. The van der Waals surface area contributed by atoms with E-state index in [9.17, 15) is 14.4 Å². The SMILES string of the molecule is CC.COc1c(OCCC(C)=O)cc2c(c1OC)-c1ccc(SC)c(=O)cc1[C@@H](NC(C)=O)CC2. The minimum atomic E-state index is -0.336. The van der Waals surface area contributed by atoms with Gasteiger partial charge < -0.3 is 19.5 Å². The maximum atomic E-state index is 12.8. The van der Waals surface area contributed by atoms with Crippen LogP contribution in [0.25, 0.3) is 11.1 Å². The largest absolute Gasteiger partial charge is 0.492 e. The highest BCUT2D eigenvalue weighted by molar-refractivity contribution is 7.98. The molecule has 35 heavy (non-hydrogen) atoms. The number of benzene rings is 1. The quantitative estimate of drug-likeness (QED) is 0.511. The summed E-state index contributed by atoms with van der Waals surface area (Å²) < 4.78 is 17.4. The monoisotopic (exact) mass is 501 g/mol. The van der Waals surface area contributed by atoms with Crippen molar-refractivity contribution in [3.8, 4) is 28.4 Å². The first-order valence-electron chi connectivity index (χ1n) is 11.7. The lowest BCUT2D eigenvalue weighted by Crippen LogP contribution is -2.26. The van der Waals surface area contributed by atoms with Gasteiger partial charge >= 0.3 is 0 Å². The Morgan fingerprint density at radius 2 is 1.77 bits per heavy atom. The summed E-state index contributed by atoms with van der Waals surface area (Å²) >= 11 is 1.38. The second-order valence-corrected chi connectivity index (χ2v) is 8.69. The molecule has 0 bridgehead atoms. The smallest absolute Gasteiger partial charge is 0.217 e. The number of carbonyl (C=O) groups excluding carboxylic acids is 2. The molecule has 0 aromatic heterocycles. The maximum Gasteiger partial charge on any atom is 0.217 e. The highest BCUT2D eigenvalue weighted by Crippen LogP contribution is 2.50. The predicted molar refractivity (Wildman–Crippen MR) is 140 cm³/mol. The topological polar surface area (TPSA) is 90.9 Å².